The molecule has 0 unspecified atom stereocenters. The van der Waals surface area contributed by atoms with Crippen LogP contribution in [0.3, 0.4) is 0 Å². The summed E-state index contributed by atoms with van der Waals surface area (Å²) < 4.78 is 8.24. The number of benzene rings is 2. The standard InChI is InChI=1S/C18H16I3NO4/c19-12-9-13(20)17(26-8-4-7-14(23)24)16(21)15(12)18(25)22-10-11-5-2-1-3-6-11/h1-3,5-6,9H,4,7-8,10H2,(H,22,25)(H,23,24). The van der Waals surface area contributed by atoms with Crippen molar-refractivity contribution >= 4 is 79.6 Å². The molecule has 0 aliphatic rings. The molecule has 8 heteroatoms. The highest BCUT2D eigenvalue weighted by Crippen LogP contribution is 2.33. The Labute approximate surface area is 192 Å². The molecule has 0 atom stereocenters. The molecule has 138 valence electrons. The third-order valence-electron chi connectivity index (χ3n) is 3.43. The van der Waals surface area contributed by atoms with Gasteiger partial charge in [-0.15, -0.1) is 0 Å². The summed E-state index contributed by atoms with van der Waals surface area (Å²) in [5.41, 5.74) is 1.61. The van der Waals surface area contributed by atoms with Crippen molar-refractivity contribution in [3.8, 4) is 5.75 Å². The van der Waals surface area contributed by atoms with Crippen LogP contribution < -0.4 is 10.1 Å². The number of aliphatic carboxylic acids is 1. The van der Waals surface area contributed by atoms with Gasteiger partial charge in [-0.2, -0.15) is 0 Å². The summed E-state index contributed by atoms with van der Waals surface area (Å²) in [6, 6.07) is 11.6. The van der Waals surface area contributed by atoms with E-state index in [4.69, 9.17) is 9.84 Å². The average Bonchev–Trinajstić information content (AvgIpc) is 2.59. The third-order valence-corrected chi connectivity index (χ3v) is 6.11. The highest BCUT2D eigenvalue weighted by molar-refractivity contribution is 14.1. The molecule has 2 aromatic carbocycles. The van der Waals surface area contributed by atoms with E-state index < -0.39 is 5.97 Å². The van der Waals surface area contributed by atoms with Crippen LogP contribution in [0.1, 0.15) is 28.8 Å². The van der Waals surface area contributed by atoms with E-state index in [1.165, 1.54) is 0 Å². The first-order valence-corrected chi connectivity index (χ1v) is 11.0. The number of hydrogen-bond donors (Lipinski definition) is 2. The maximum absolute atomic E-state index is 12.7. The number of rotatable bonds is 8. The molecule has 0 aliphatic carbocycles. The molecular weight excluding hydrogens is 675 g/mol. The molecule has 0 spiro atoms. The normalized spacial score (nSPS) is 10.4. The van der Waals surface area contributed by atoms with Gasteiger partial charge < -0.3 is 15.2 Å². The van der Waals surface area contributed by atoms with Gasteiger partial charge in [-0.05, 0) is 85.8 Å². The van der Waals surface area contributed by atoms with E-state index in [-0.39, 0.29) is 12.3 Å². The van der Waals surface area contributed by atoms with Gasteiger partial charge in [0.25, 0.3) is 5.91 Å². The Hall–Kier alpha value is -0.630. The van der Waals surface area contributed by atoms with Gasteiger partial charge in [-0.25, -0.2) is 0 Å². The zero-order valence-corrected chi connectivity index (χ0v) is 20.1. The van der Waals surface area contributed by atoms with E-state index in [1.54, 1.807) is 0 Å². The molecule has 0 fully saturated rings. The Balaban J connectivity index is 2.12. The van der Waals surface area contributed by atoms with E-state index in [1.807, 2.05) is 36.4 Å². The van der Waals surface area contributed by atoms with Gasteiger partial charge in [0.15, 0.2) is 0 Å². The van der Waals surface area contributed by atoms with E-state index in [0.717, 1.165) is 16.3 Å². The van der Waals surface area contributed by atoms with Crippen molar-refractivity contribution in [2.45, 2.75) is 19.4 Å². The van der Waals surface area contributed by atoms with Crippen LogP contribution in [0.4, 0.5) is 0 Å². The maximum atomic E-state index is 12.7. The van der Waals surface area contributed by atoms with Crippen molar-refractivity contribution in [1.82, 2.24) is 5.32 Å². The zero-order valence-electron chi connectivity index (χ0n) is 13.6. The fourth-order valence-electron chi connectivity index (χ4n) is 2.18. The van der Waals surface area contributed by atoms with Crippen LogP contribution in [0.15, 0.2) is 36.4 Å². The van der Waals surface area contributed by atoms with Crippen LogP contribution in [0, 0.1) is 10.7 Å². The molecule has 5 nitrogen and oxygen atoms in total. The molecule has 26 heavy (non-hydrogen) atoms. The minimum atomic E-state index is -0.846. The van der Waals surface area contributed by atoms with Crippen molar-refractivity contribution < 1.29 is 19.4 Å². The molecule has 0 saturated heterocycles. The first kappa shape index (κ1) is 21.7. The first-order valence-electron chi connectivity index (χ1n) is 7.74. The molecule has 0 saturated carbocycles. The van der Waals surface area contributed by atoms with E-state index in [2.05, 4.69) is 73.1 Å². The van der Waals surface area contributed by atoms with E-state index >= 15 is 0 Å². The van der Waals surface area contributed by atoms with Crippen LogP contribution in [0.2, 0.25) is 0 Å². The number of carboxylic acid groups (broad SMARTS) is 1. The molecule has 0 aliphatic heterocycles. The second kappa shape index (κ2) is 10.6. The largest absolute Gasteiger partial charge is 0.491 e. The molecule has 2 rings (SSSR count). The SMILES string of the molecule is O=C(O)CCCOc1c(I)cc(I)c(C(=O)NCc2ccccc2)c1I. The Morgan fingerprint density at radius 2 is 1.77 bits per heavy atom. The van der Waals surface area contributed by atoms with E-state index in [0.29, 0.717) is 30.9 Å². The summed E-state index contributed by atoms with van der Waals surface area (Å²) in [6.45, 7) is 0.747. The highest BCUT2D eigenvalue weighted by atomic mass is 127. The molecule has 0 bridgehead atoms. The van der Waals surface area contributed by atoms with Crippen LogP contribution in [-0.2, 0) is 11.3 Å². The monoisotopic (exact) mass is 691 g/mol. The lowest BCUT2D eigenvalue weighted by Crippen LogP contribution is -2.25. The average molecular weight is 691 g/mol. The molecule has 1 amide bonds. The van der Waals surface area contributed by atoms with Gasteiger partial charge in [0.05, 0.1) is 19.3 Å². The minimum absolute atomic E-state index is 0.0575. The number of carbonyl (C=O) groups is 2. The second-order valence-corrected chi connectivity index (χ2v) is 8.78. The molecule has 0 aromatic heterocycles. The summed E-state index contributed by atoms with van der Waals surface area (Å²) >= 11 is 6.43. The number of amides is 1. The predicted molar refractivity (Wildman–Crippen MR) is 125 cm³/mol. The van der Waals surface area contributed by atoms with Gasteiger partial charge >= 0.3 is 5.97 Å². The van der Waals surface area contributed by atoms with Gasteiger partial charge in [0.1, 0.15) is 5.75 Å². The van der Waals surface area contributed by atoms with Crippen LogP contribution in [-0.4, -0.2) is 23.6 Å². The number of carbonyl (C=O) groups excluding carboxylic acids is 1. The van der Waals surface area contributed by atoms with Gasteiger partial charge in [0.2, 0.25) is 0 Å². The Kier molecular flexibility index (Phi) is 8.87. The van der Waals surface area contributed by atoms with Crippen molar-refractivity contribution in [2.24, 2.45) is 0 Å². The number of hydrogen-bond acceptors (Lipinski definition) is 3. The number of carboxylic acids is 1. The summed E-state index contributed by atoms with van der Waals surface area (Å²) in [4.78, 5) is 23.3. The van der Waals surface area contributed by atoms with Crippen LogP contribution in [0.5, 0.6) is 5.75 Å². The Morgan fingerprint density at radius 1 is 1.08 bits per heavy atom. The smallest absolute Gasteiger partial charge is 0.303 e. The summed E-state index contributed by atoms with van der Waals surface area (Å²) in [6.07, 6.45) is 0.477. The second-order valence-electron chi connectivity index (χ2n) is 5.37. The van der Waals surface area contributed by atoms with Crippen molar-refractivity contribution in [3.05, 3.63) is 58.2 Å². The summed E-state index contributed by atoms with van der Waals surface area (Å²) in [5.74, 6) is -0.377. The molecule has 0 radical (unpaired) electrons. The lowest BCUT2D eigenvalue weighted by Gasteiger charge is -2.15. The number of nitrogens with one attached hydrogen (secondary N) is 1. The van der Waals surface area contributed by atoms with E-state index in [9.17, 15) is 9.59 Å². The first-order chi connectivity index (χ1) is 12.4. The Bertz CT molecular complexity index is 797. The lowest BCUT2D eigenvalue weighted by molar-refractivity contribution is -0.137. The zero-order chi connectivity index (χ0) is 19.1. The molecule has 0 heterocycles. The molecular formula is C18H16I3NO4. The fourth-order valence-corrected chi connectivity index (χ4v) is 6.35. The lowest BCUT2D eigenvalue weighted by atomic mass is 10.2. The Morgan fingerprint density at radius 3 is 2.42 bits per heavy atom. The van der Waals surface area contributed by atoms with Crippen molar-refractivity contribution in [3.63, 3.8) is 0 Å². The fraction of sp³-hybridized carbons (Fsp3) is 0.222. The summed E-state index contributed by atoms with van der Waals surface area (Å²) in [7, 11) is 0. The third kappa shape index (κ3) is 6.22. The van der Waals surface area contributed by atoms with Gasteiger partial charge in [-0.1, -0.05) is 30.3 Å². The number of ether oxygens (including phenoxy) is 1. The number of halogens is 3. The topological polar surface area (TPSA) is 75.6 Å². The highest BCUT2D eigenvalue weighted by Gasteiger charge is 2.20. The maximum Gasteiger partial charge on any atom is 0.303 e. The van der Waals surface area contributed by atoms with Crippen LogP contribution in [0.25, 0.3) is 0 Å². The van der Waals surface area contributed by atoms with Crippen molar-refractivity contribution in [2.75, 3.05) is 6.61 Å². The quantitative estimate of drug-likeness (QED) is 0.312. The van der Waals surface area contributed by atoms with Gasteiger partial charge in [0, 0.05) is 16.5 Å². The molecule has 2 N–H and O–H groups in total. The van der Waals surface area contributed by atoms with Crippen LogP contribution >= 0.6 is 67.8 Å². The molecule has 2 aromatic rings. The minimum Gasteiger partial charge on any atom is -0.491 e. The van der Waals surface area contributed by atoms with Crippen molar-refractivity contribution in [1.29, 1.82) is 0 Å². The summed E-state index contributed by atoms with van der Waals surface area (Å²) in [5, 5.41) is 11.7. The van der Waals surface area contributed by atoms with Gasteiger partial charge in [-0.3, -0.25) is 9.59 Å². The predicted octanol–water partition coefficient (Wildman–Crippen LogP) is 4.67.